The van der Waals surface area contributed by atoms with Gasteiger partial charge in [0.05, 0.1) is 25.2 Å². The van der Waals surface area contributed by atoms with Gasteiger partial charge in [-0.15, -0.1) is 0 Å². The van der Waals surface area contributed by atoms with Crippen LogP contribution >= 0.6 is 0 Å². The van der Waals surface area contributed by atoms with E-state index in [0.29, 0.717) is 19.3 Å². The van der Waals surface area contributed by atoms with Crippen LogP contribution in [0.1, 0.15) is 258 Å². The van der Waals surface area contributed by atoms with Crippen LogP contribution in [-0.4, -0.2) is 46.9 Å². The molecule has 0 aliphatic rings. The second kappa shape index (κ2) is 51.3. The van der Waals surface area contributed by atoms with E-state index in [1.165, 1.54) is 135 Å². The highest BCUT2D eigenvalue weighted by Crippen LogP contribution is 2.17. The second-order valence-electron chi connectivity index (χ2n) is 18.4. The first-order chi connectivity index (χ1) is 31.5. The highest BCUT2D eigenvalue weighted by molar-refractivity contribution is 5.77. The summed E-state index contributed by atoms with van der Waals surface area (Å²) in [5, 5.41) is 23.8. The Morgan fingerprint density at radius 2 is 0.797 bits per heavy atom. The second-order valence-corrected chi connectivity index (χ2v) is 18.4. The first-order valence-electron chi connectivity index (χ1n) is 27.2. The van der Waals surface area contributed by atoms with Gasteiger partial charge in [-0.05, 0) is 77.0 Å². The summed E-state index contributed by atoms with van der Waals surface area (Å²) in [7, 11) is 0. The summed E-state index contributed by atoms with van der Waals surface area (Å²) in [6.45, 7) is 6.41. The van der Waals surface area contributed by atoms with Crippen molar-refractivity contribution in [1.82, 2.24) is 5.32 Å². The average Bonchev–Trinajstić information content (AvgIpc) is 3.29. The van der Waals surface area contributed by atoms with Gasteiger partial charge in [0.25, 0.3) is 0 Å². The third-order valence-electron chi connectivity index (χ3n) is 12.1. The minimum atomic E-state index is -0.804. The predicted octanol–water partition coefficient (Wildman–Crippen LogP) is 16.6. The van der Waals surface area contributed by atoms with Crippen molar-refractivity contribution < 1.29 is 24.5 Å². The van der Waals surface area contributed by atoms with Crippen LogP contribution < -0.4 is 5.32 Å². The number of ether oxygens (including phenoxy) is 1. The Morgan fingerprint density at radius 1 is 0.453 bits per heavy atom. The standard InChI is InChI=1S/C58H103NO5/c1-4-7-10-13-16-19-22-25-28-30-31-34-37-40-43-46-49-54(64-58(63)51-48-45-42-39-36-33-29-26-23-20-17-14-11-8-5-2)52-57(62)59-55(53-60)56(61)50-47-44-41-38-35-32-27-24-21-18-15-12-9-6-3/h16-17,19-20,22-23,25-26,28,30-31,34,54-56,60-61H,4-15,18,21,24,27,29,32-33,35-53H2,1-3H3,(H,59,62)/b19-16+,20-17+,25-22+,26-23+,30-28+,34-31+. The lowest BCUT2D eigenvalue weighted by Gasteiger charge is -2.24. The summed E-state index contributed by atoms with van der Waals surface area (Å²) >= 11 is 0. The van der Waals surface area contributed by atoms with Gasteiger partial charge in [-0.25, -0.2) is 0 Å². The van der Waals surface area contributed by atoms with Gasteiger partial charge in [-0.2, -0.15) is 0 Å². The van der Waals surface area contributed by atoms with Gasteiger partial charge < -0.3 is 20.3 Å². The van der Waals surface area contributed by atoms with Crippen molar-refractivity contribution in [1.29, 1.82) is 0 Å². The average molecular weight is 894 g/mol. The molecule has 0 aliphatic heterocycles. The molecule has 3 unspecified atom stereocenters. The minimum absolute atomic E-state index is 0.0447. The van der Waals surface area contributed by atoms with Gasteiger partial charge in [0.15, 0.2) is 0 Å². The van der Waals surface area contributed by atoms with E-state index >= 15 is 0 Å². The zero-order valence-corrected chi connectivity index (χ0v) is 42.1. The SMILES string of the molecule is CCCCC/C=C/C=C/C=C/C=C/CCCCCC(CC(=O)NC(CO)C(O)CCCCCCCCCCCCCCCC)OC(=O)CCCCCCCC/C=C/C=C/CCCCC. The van der Waals surface area contributed by atoms with E-state index in [9.17, 15) is 19.8 Å². The summed E-state index contributed by atoms with van der Waals surface area (Å²) < 4.78 is 5.92. The third kappa shape index (κ3) is 45.9. The summed E-state index contributed by atoms with van der Waals surface area (Å²) in [5.41, 5.74) is 0. The molecular formula is C58H103NO5. The van der Waals surface area contributed by atoms with Crippen molar-refractivity contribution in [3.63, 3.8) is 0 Å². The maximum atomic E-state index is 13.2. The molecule has 0 aromatic rings. The molecule has 0 heterocycles. The van der Waals surface area contributed by atoms with E-state index in [1.807, 2.05) is 6.08 Å². The van der Waals surface area contributed by atoms with E-state index in [-0.39, 0.29) is 24.9 Å². The van der Waals surface area contributed by atoms with Crippen LogP contribution in [0.2, 0.25) is 0 Å². The Labute approximate surface area is 396 Å². The number of rotatable bonds is 48. The van der Waals surface area contributed by atoms with Crippen LogP contribution in [0.5, 0.6) is 0 Å². The van der Waals surface area contributed by atoms with Gasteiger partial charge >= 0.3 is 5.97 Å². The lowest BCUT2D eigenvalue weighted by atomic mass is 10.0. The number of carbonyl (C=O) groups is 2. The van der Waals surface area contributed by atoms with E-state index in [1.54, 1.807) is 0 Å². The maximum Gasteiger partial charge on any atom is 0.306 e. The van der Waals surface area contributed by atoms with Gasteiger partial charge in [0.2, 0.25) is 5.91 Å². The summed E-state index contributed by atoms with van der Waals surface area (Å²) in [6.07, 6.45) is 65.2. The molecule has 3 N–H and O–H groups in total. The fourth-order valence-electron chi connectivity index (χ4n) is 7.96. The number of aliphatic hydroxyl groups is 2. The van der Waals surface area contributed by atoms with E-state index in [4.69, 9.17) is 4.74 Å². The van der Waals surface area contributed by atoms with Crippen LogP contribution in [0.25, 0.3) is 0 Å². The van der Waals surface area contributed by atoms with Crippen LogP contribution in [0.3, 0.4) is 0 Å². The summed E-state index contributed by atoms with van der Waals surface area (Å²) in [6, 6.07) is -0.720. The van der Waals surface area contributed by atoms with Gasteiger partial charge in [-0.3, -0.25) is 9.59 Å². The molecule has 64 heavy (non-hydrogen) atoms. The Morgan fingerprint density at radius 3 is 1.27 bits per heavy atom. The Hall–Kier alpha value is -2.70. The molecule has 0 aliphatic carbocycles. The topological polar surface area (TPSA) is 95.9 Å². The van der Waals surface area contributed by atoms with Crippen molar-refractivity contribution in [2.45, 2.75) is 277 Å². The number of carbonyl (C=O) groups excluding carboxylic acids is 2. The fraction of sp³-hybridized carbons (Fsp3) is 0.759. The van der Waals surface area contributed by atoms with E-state index < -0.39 is 18.2 Å². The molecule has 6 nitrogen and oxygen atoms in total. The molecule has 0 saturated heterocycles. The molecule has 1 amide bonds. The van der Waals surface area contributed by atoms with Crippen molar-refractivity contribution in [2.75, 3.05) is 6.61 Å². The number of nitrogens with one attached hydrogen (secondary N) is 1. The van der Waals surface area contributed by atoms with Crippen molar-refractivity contribution in [3.05, 3.63) is 72.9 Å². The molecule has 0 spiro atoms. The molecule has 0 rings (SSSR count). The molecule has 370 valence electrons. The highest BCUT2D eigenvalue weighted by Gasteiger charge is 2.24. The smallest absolute Gasteiger partial charge is 0.306 e. The molecule has 0 fully saturated rings. The number of allylic oxidation sites excluding steroid dienone is 12. The number of aliphatic hydroxyl groups excluding tert-OH is 2. The normalized spacial score (nSPS) is 13.8. The monoisotopic (exact) mass is 894 g/mol. The largest absolute Gasteiger partial charge is 0.462 e. The van der Waals surface area contributed by atoms with Crippen LogP contribution in [0.4, 0.5) is 0 Å². The molecule has 0 aromatic carbocycles. The fourth-order valence-corrected chi connectivity index (χ4v) is 7.96. The number of amides is 1. The Balaban J connectivity index is 4.69. The van der Waals surface area contributed by atoms with Crippen LogP contribution in [0.15, 0.2) is 72.9 Å². The number of unbranched alkanes of at least 4 members (excludes halogenated alkanes) is 28. The molecule has 6 heteroatoms. The number of hydrogen-bond acceptors (Lipinski definition) is 5. The number of esters is 1. The quantitative estimate of drug-likeness (QED) is 0.0321. The molecule has 3 atom stereocenters. The minimum Gasteiger partial charge on any atom is -0.462 e. The first kappa shape index (κ1) is 61.3. The molecule has 0 saturated carbocycles. The third-order valence-corrected chi connectivity index (χ3v) is 12.1. The highest BCUT2D eigenvalue weighted by atomic mass is 16.5. The molecular weight excluding hydrogens is 791 g/mol. The lowest BCUT2D eigenvalue weighted by molar-refractivity contribution is -0.151. The van der Waals surface area contributed by atoms with Gasteiger partial charge in [-0.1, -0.05) is 241 Å². The van der Waals surface area contributed by atoms with E-state index in [2.05, 4.69) is 92.9 Å². The molecule has 0 radical (unpaired) electrons. The molecule has 0 aromatic heterocycles. The van der Waals surface area contributed by atoms with Crippen molar-refractivity contribution in [2.24, 2.45) is 0 Å². The van der Waals surface area contributed by atoms with Gasteiger partial charge in [0.1, 0.15) is 6.10 Å². The van der Waals surface area contributed by atoms with Crippen LogP contribution in [-0.2, 0) is 14.3 Å². The number of hydrogen-bond donors (Lipinski definition) is 3. The predicted molar refractivity (Wildman–Crippen MR) is 278 cm³/mol. The lowest BCUT2D eigenvalue weighted by Crippen LogP contribution is -2.46. The zero-order valence-electron chi connectivity index (χ0n) is 42.1. The van der Waals surface area contributed by atoms with E-state index in [0.717, 1.165) is 77.0 Å². The summed E-state index contributed by atoms with van der Waals surface area (Å²) in [4.78, 5) is 26.2. The van der Waals surface area contributed by atoms with Gasteiger partial charge in [0, 0.05) is 6.42 Å². The Kier molecular flexibility index (Phi) is 49.1. The maximum absolute atomic E-state index is 13.2. The van der Waals surface area contributed by atoms with Crippen molar-refractivity contribution >= 4 is 11.9 Å². The first-order valence-corrected chi connectivity index (χ1v) is 27.2. The Bertz CT molecular complexity index is 1190. The zero-order chi connectivity index (χ0) is 46.7. The van der Waals surface area contributed by atoms with Crippen LogP contribution in [0, 0.1) is 0 Å². The summed E-state index contributed by atoms with van der Waals surface area (Å²) in [5.74, 6) is -0.525. The molecule has 0 bridgehead atoms. The van der Waals surface area contributed by atoms with Crippen molar-refractivity contribution in [3.8, 4) is 0 Å².